The topological polar surface area (TPSA) is 26.3 Å². The van der Waals surface area contributed by atoms with Gasteiger partial charge in [-0.2, -0.15) is 0 Å². The van der Waals surface area contributed by atoms with Crippen LogP contribution >= 0.6 is 11.8 Å². The number of thioether (sulfide) groups is 1. The van der Waals surface area contributed by atoms with Gasteiger partial charge in [-0.1, -0.05) is 17.7 Å². The zero-order valence-corrected chi connectivity index (χ0v) is 10.8. The third kappa shape index (κ3) is 3.63. The molecule has 0 saturated heterocycles. The molecule has 1 heterocycles. The first-order chi connectivity index (χ1) is 8.25. The van der Waals surface area contributed by atoms with Crippen molar-refractivity contribution >= 4 is 17.5 Å². The number of carbonyl (C=O) groups excluding carboxylic acids is 1. The van der Waals surface area contributed by atoms with E-state index < -0.39 is 0 Å². The van der Waals surface area contributed by atoms with E-state index in [0.717, 1.165) is 17.7 Å². The van der Waals surface area contributed by atoms with E-state index in [1.165, 1.54) is 5.56 Å². The van der Waals surface area contributed by atoms with Gasteiger partial charge in [0.1, 0.15) is 0 Å². The average molecular weight is 248 g/mol. The predicted molar refractivity (Wildman–Crippen MR) is 70.2 cm³/mol. The van der Waals surface area contributed by atoms with Crippen LogP contribution in [0.4, 0.5) is 0 Å². The number of allylic oxidation sites excluding steroid dienone is 2. The monoisotopic (exact) mass is 248 g/mol. The van der Waals surface area contributed by atoms with Crippen LogP contribution in [-0.4, -0.2) is 18.1 Å². The Morgan fingerprint density at radius 3 is 2.76 bits per heavy atom. The van der Waals surface area contributed by atoms with Crippen molar-refractivity contribution in [3.63, 3.8) is 0 Å². The van der Waals surface area contributed by atoms with E-state index in [4.69, 9.17) is 4.74 Å². The summed E-state index contributed by atoms with van der Waals surface area (Å²) in [6.45, 7) is 2.73. The summed E-state index contributed by atoms with van der Waals surface area (Å²) in [5.41, 5.74) is 1.24. The Labute approximate surface area is 106 Å². The highest BCUT2D eigenvalue weighted by Crippen LogP contribution is 2.20. The maximum atomic E-state index is 11.8. The molecule has 1 aromatic rings. The maximum Gasteiger partial charge on any atom is 0.207 e. The van der Waals surface area contributed by atoms with E-state index in [2.05, 4.69) is 19.1 Å². The van der Waals surface area contributed by atoms with Crippen LogP contribution in [0, 0.1) is 6.92 Å². The first-order valence-electron chi connectivity index (χ1n) is 5.81. The fourth-order valence-corrected chi connectivity index (χ4v) is 2.37. The van der Waals surface area contributed by atoms with E-state index in [-0.39, 0.29) is 5.78 Å². The van der Waals surface area contributed by atoms with Crippen LogP contribution < -0.4 is 0 Å². The summed E-state index contributed by atoms with van der Waals surface area (Å²) in [5, 5.41) is 0. The fraction of sp³-hybridized carbons (Fsp3) is 0.357. The number of carbonyl (C=O) groups is 1. The summed E-state index contributed by atoms with van der Waals surface area (Å²) in [4.78, 5) is 12.9. The van der Waals surface area contributed by atoms with Gasteiger partial charge in [-0.15, -0.1) is 11.8 Å². The molecular formula is C14H16O2S. The van der Waals surface area contributed by atoms with Crippen LogP contribution in [0.1, 0.15) is 18.4 Å². The zero-order chi connectivity index (χ0) is 12.1. The molecule has 1 aliphatic rings. The van der Waals surface area contributed by atoms with Crippen LogP contribution in [0.2, 0.25) is 0 Å². The molecule has 90 valence electrons. The molecule has 0 spiro atoms. The summed E-state index contributed by atoms with van der Waals surface area (Å²) in [6.07, 6.45) is 3.87. The Balaban J connectivity index is 1.87. The summed E-state index contributed by atoms with van der Waals surface area (Å²) < 4.78 is 5.35. The van der Waals surface area contributed by atoms with E-state index in [1.54, 1.807) is 11.8 Å². The molecule has 0 amide bonds. The molecule has 0 saturated carbocycles. The molecule has 0 bridgehead atoms. The lowest BCUT2D eigenvalue weighted by Crippen LogP contribution is -2.12. The van der Waals surface area contributed by atoms with E-state index in [1.807, 2.05) is 18.2 Å². The molecule has 0 N–H and O–H groups in total. The third-order valence-corrected chi connectivity index (χ3v) is 3.61. The van der Waals surface area contributed by atoms with Crippen LogP contribution in [0.5, 0.6) is 0 Å². The Bertz CT molecular complexity index is 420. The van der Waals surface area contributed by atoms with Crippen LogP contribution in [0.15, 0.2) is 41.0 Å². The lowest BCUT2D eigenvalue weighted by molar-refractivity contribution is -0.116. The van der Waals surface area contributed by atoms with Crippen molar-refractivity contribution in [1.29, 1.82) is 0 Å². The van der Waals surface area contributed by atoms with Gasteiger partial charge in [-0.25, -0.2) is 0 Å². The second-order valence-electron chi connectivity index (χ2n) is 4.08. The van der Waals surface area contributed by atoms with Crippen LogP contribution in [0.3, 0.4) is 0 Å². The van der Waals surface area contributed by atoms with Crippen molar-refractivity contribution in [3.8, 4) is 0 Å². The van der Waals surface area contributed by atoms with Crippen molar-refractivity contribution in [2.75, 3.05) is 12.4 Å². The molecule has 1 aliphatic heterocycles. The number of ketones is 1. The molecule has 17 heavy (non-hydrogen) atoms. The Hall–Kier alpha value is -1.22. The molecule has 3 heteroatoms. The van der Waals surface area contributed by atoms with Gasteiger partial charge in [0.2, 0.25) is 5.78 Å². The van der Waals surface area contributed by atoms with Gasteiger partial charge in [0.05, 0.1) is 12.4 Å². The first kappa shape index (κ1) is 12.2. The highest BCUT2D eigenvalue weighted by atomic mass is 32.2. The van der Waals surface area contributed by atoms with Crippen molar-refractivity contribution in [3.05, 3.63) is 41.7 Å². The van der Waals surface area contributed by atoms with Gasteiger partial charge in [0, 0.05) is 4.90 Å². The molecule has 0 unspecified atom stereocenters. The smallest absolute Gasteiger partial charge is 0.207 e. The molecule has 0 radical (unpaired) electrons. The summed E-state index contributed by atoms with van der Waals surface area (Å²) in [7, 11) is 0. The lowest BCUT2D eigenvalue weighted by Gasteiger charge is -2.13. The zero-order valence-electron chi connectivity index (χ0n) is 9.94. The first-order valence-corrected chi connectivity index (χ1v) is 6.80. The average Bonchev–Trinajstić information content (AvgIpc) is 2.39. The van der Waals surface area contributed by atoms with E-state index >= 15 is 0 Å². The largest absolute Gasteiger partial charge is 0.490 e. The van der Waals surface area contributed by atoms with Crippen molar-refractivity contribution in [2.45, 2.75) is 24.7 Å². The number of aryl methyl sites for hydroxylation is 1. The van der Waals surface area contributed by atoms with Gasteiger partial charge in [-0.05, 0) is 38.0 Å². The number of Topliss-reactive ketones (excluding diaryl/α,β-unsaturated/α-hetero) is 1. The van der Waals surface area contributed by atoms with Gasteiger partial charge in [0.15, 0.2) is 5.76 Å². The molecule has 0 aromatic heterocycles. The van der Waals surface area contributed by atoms with E-state index in [9.17, 15) is 4.79 Å². The van der Waals surface area contributed by atoms with Crippen LogP contribution in [0.25, 0.3) is 0 Å². The van der Waals surface area contributed by atoms with Crippen molar-refractivity contribution in [1.82, 2.24) is 0 Å². The number of benzene rings is 1. The second kappa shape index (κ2) is 5.92. The molecule has 0 atom stereocenters. The highest BCUT2D eigenvalue weighted by Gasteiger charge is 2.13. The minimum Gasteiger partial charge on any atom is -0.490 e. The Morgan fingerprint density at radius 1 is 1.35 bits per heavy atom. The molecule has 0 fully saturated rings. The molecule has 0 aliphatic carbocycles. The third-order valence-electron chi connectivity index (χ3n) is 2.60. The van der Waals surface area contributed by atoms with Gasteiger partial charge >= 0.3 is 0 Å². The fourth-order valence-electron chi connectivity index (χ4n) is 1.61. The predicted octanol–water partition coefficient (Wildman–Crippen LogP) is 3.35. The van der Waals surface area contributed by atoms with Crippen molar-refractivity contribution < 1.29 is 9.53 Å². The van der Waals surface area contributed by atoms with Gasteiger partial charge < -0.3 is 4.74 Å². The number of ether oxygens (including phenoxy) is 1. The number of hydrogen-bond donors (Lipinski definition) is 0. The van der Waals surface area contributed by atoms with Crippen molar-refractivity contribution in [2.24, 2.45) is 0 Å². The van der Waals surface area contributed by atoms with Crippen LogP contribution in [-0.2, 0) is 9.53 Å². The quantitative estimate of drug-likeness (QED) is 0.764. The summed E-state index contributed by atoms with van der Waals surface area (Å²) in [6, 6.07) is 8.21. The lowest BCUT2D eigenvalue weighted by atomic mass is 10.2. The Kier molecular flexibility index (Phi) is 4.26. The minimum absolute atomic E-state index is 0.0928. The van der Waals surface area contributed by atoms with E-state index in [0.29, 0.717) is 18.1 Å². The summed E-state index contributed by atoms with van der Waals surface area (Å²) >= 11 is 1.56. The number of rotatable bonds is 4. The second-order valence-corrected chi connectivity index (χ2v) is 5.13. The molecule has 1 aromatic carbocycles. The molecular weight excluding hydrogens is 232 g/mol. The highest BCUT2D eigenvalue weighted by molar-refractivity contribution is 8.00. The maximum absolute atomic E-state index is 11.8. The standard InChI is InChI=1S/C14H16O2S/c1-11-5-7-12(8-6-11)17-10-13(15)14-4-2-3-9-16-14/h4-8H,2-3,9-10H2,1H3. The summed E-state index contributed by atoms with van der Waals surface area (Å²) in [5.74, 6) is 1.10. The van der Waals surface area contributed by atoms with Gasteiger partial charge in [0.25, 0.3) is 0 Å². The van der Waals surface area contributed by atoms with Gasteiger partial charge in [-0.3, -0.25) is 4.79 Å². The Morgan fingerprint density at radius 2 is 2.12 bits per heavy atom. The number of hydrogen-bond acceptors (Lipinski definition) is 3. The molecule has 2 nitrogen and oxygen atoms in total. The molecule has 2 rings (SSSR count). The normalized spacial score (nSPS) is 15.0. The SMILES string of the molecule is Cc1ccc(SCC(=O)C2=CCCCO2)cc1. The minimum atomic E-state index is 0.0928.